The van der Waals surface area contributed by atoms with E-state index in [1.165, 1.54) is 12.3 Å². The molecule has 0 atom stereocenters. The lowest BCUT2D eigenvalue weighted by molar-refractivity contribution is -0.136. The zero-order valence-corrected chi connectivity index (χ0v) is 12.0. The molecule has 0 fully saturated rings. The van der Waals surface area contributed by atoms with Crippen LogP contribution in [0.2, 0.25) is 0 Å². The Morgan fingerprint density at radius 1 is 1.35 bits per heavy atom. The Bertz CT molecular complexity index is 617. The van der Waals surface area contributed by atoms with Crippen LogP contribution in [0.25, 0.3) is 0 Å². The lowest BCUT2D eigenvalue weighted by atomic mass is 10.1. The number of carbonyl (C=O) groups is 1. The topological polar surface area (TPSA) is 62.2 Å². The second-order valence-electron chi connectivity index (χ2n) is 4.20. The predicted molar refractivity (Wildman–Crippen MR) is 77.0 cm³/mol. The van der Waals surface area contributed by atoms with Crippen molar-refractivity contribution in [1.29, 1.82) is 0 Å². The lowest BCUT2D eigenvalue weighted by Crippen LogP contribution is -2.05. The monoisotopic (exact) mass is 338 g/mol. The molecule has 4 nitrogen and oxygen atoms in total. The number of pyridine rings is 1. The summed E-state index contributed by atoms with van der Waals surface area (Å²) in [5.74, 6) is -1.25. The van der Waals surface area contributed by atoms with E-state index in [4.69, 9.17) is 5.11 Å². The molecule has 1 aromatic heterocycles. The highest BCUT2D eigenvalue weighted by Crippen LogP contribution is 2.15. The van der Waals surface area contributed by atoms with E-state index in [2.05, 4.69) is 26.2 Å². The third-order valence-corrected chi connectivity index (χ3v) is 3.09. The molecule has 0 aliphatic carbocycles. The molecule has 104 valence electrons. The number of hydrogen-bond donors (Lipinski definition) is 2. The average molecular weight is 339 g/mol. The molecule has 1 aromatic carbocycles. The van der Waals surface area contributed by atoms with E-state index in [0.717, 1.165) is 11.3 Å². The number of aliphatic carboxylic acids is 1. The lowest BCUT2D eigenvalue weighted by Gasteiger charge is -2.07. The number of halogens is 2. The molecule has 0 saturated heterocycles. The van der Waals surface area contributed by atoms with Gasteiger partial charge in [0.25, 0.3) is 0 Å². The number of hydrogen-bond acceptors (Lipinski definition) is 3. The number of carboxylic acids is 1. The molecule has 6 heteroatoms. The third kappa shape index (κ3) is 4.03. The molecule has 0 aliphatic rings. The Balaban J connectivity index is 1.98. The maximum Gasteiger partial charge on any atom is 0.307 e. The molecule has 0 amide bonds. The first-order chi connectivity index (χ1) is 9.54. The number of nitrogens with one attached hydrogen (secondary N) is 1. The summed E-state index contributed by atoms with van der Waals surface area (Å²) in [5.41, 5.74) is 1.82. The van der Waals surface area contributed by atoms with E-state index >= 15 is 0 Å². The zero-order valence-electron chi connectivity index (χ0n) is 10.4. The van der Waals surface area contributed by atoms with Gasteiger partial charge in [-0.25, -0.2) is 4.39 Å². The van der Waals surface area contributed by atoms with E-state index in [0.29, 0.717) is 10.2 Å². The number of anilines is 1. The smallest absolute Gasteiger partial charge is 0.307 e. The van der Waals surface area contributed by atoms with Gasteiger partial charge in [0.05, 0.1) is 18.7 Å². The summed E-state index contributed by atoms with van der Waals surface area (Å²) in [5, 5.41) is 11.7. The van der Waals surface area contributed by atoms with Gasteiger partial charge in [0, 0.05) is 16.4 Å². The predicted octanol–water partition coefficient (Wildman–Crippen LogP) is 3.22. The molecule has 0 unspecified atom stereocenters. The van der Waals surface area contributed by atoms with Crippen LogP contribution in [0.15, 0.2) is 41.0 Å². The minimum Gasteiger partial charge on any atom is -0.481 e. The summed E-state index contributed by atoms with van der Waals surface area (Å²) in [4.78, 5) is 14.5. The van der Waals surface area contributed by atoms with Crippen molar-refractivity contribution in [3.8, 4) is 0 Å². The molecule has 2 aromatic rings. The van der Waals surface area contributed by atoms with Gasteiger partial charge in [-0.1, -0.05) is 12.1 Å². The molecule has 0 saturated carbocycles. The van der Waals surface area contributed by atoms with Gasteiger partial charge in [-0.3, -0.25) is 9.78 Å². The SMILES string of the molecule is O=C(O)Cc1ccc(NCc2ncc(Br)cc2F)cc1. The standard InChI is InChI=1S/C14H12BrFN2O2/c15-10-6-12(16)13(18-7-10)8-17-11-3-1-9(2-4-11)5-14(19)20/h1-4,6-7,17H,5,8H2,(H,19,20). The second-order valence-corrected chi connectivity index (χ2v) is 5.12. The Morgan fingerprint density at radius 2 is 2.05 bits per heavy atom. The van der Waals surface area contributed by atoms with Gasteiger partial charge < -0.3 is 10.4 Å². The molecule has 0 bridgehead atoms. The van der Waals surface area contributed by atoms with E-state index < -0.39 is 5.97 Å². The maximum atomic E-state index is 13.6. The van der Waals surface area contributed by atoms with Gasteiger partial charge >= 0.3 is 5.97 Å². The van der Waals surface area contributed by atoms with Gasteiger partial charge in [-0.2, -0.15) is 0 Å². The van der Waals surface area contributed by atoms with Crippen molar-refractivity contribution >= 4 is 27.6 Å². The first kappa shape index (κ1) is 14.5. The molecule has 2 N–H and O–H groups in total. The fraction of sp³-hybridized carbons (Fsp3) is 0.143. The van der Waals surface area contributed by atoms with Gasteiger partial charge in [-0.15, -0.1) is 0 Å². The number of aromatic nitrogens is 1. The molecule has 20 heavy (non-hydrogen) atoms. The Morgan fingerprint density at radius 3 is 2.65 bits per heavy atom. The van der Waals surface area contributed by atoms with Crippen molar-refractivity contribution in [3.05, 3.63) is 58.1 Å². The number of carboxylic acid groups (broad SMARTS) is 1. The highest BCUT2D eigenvalue weighted by molar-refractivity contribution is 9.10. The van der Waals surface area contributed by atoms with Crippen LogP contribution in [0.5, 0.6) is 0 Å². The zero-order chi connectivity index (χ0) is 14.5. The molecular weight excluding hydrogens is 327 g/mol. The first-order valence-corrected chi connectivity index (χ1v) is 6.68. The Hall–Kier alpha value is -1.95. The van der Waals surface area contributed by atoms with Crippen molar-refractivity contribution in [2.75, 3.05) is 5.32 Å². The summed E-state index contributed by atoms with van der Waals surface area (Å²) in [7, 11) is 0. The van der Waals surface area contributed by atoms with Crippen molar-refractivity contribution in [2.45, 2.75) is 13.0 Å². The first-order valence-electron chi connectivity index (χ1n) is 5.89. The van der Waals surface area contributed by atoms with Gasteiger partial charge in [-0.05, 0) is 39.7 Å². The summed E-state index contributed by atoms with van der Waals surface area (Å²) < 4.78 is 14.2. The second kappa shape index (κ2) is 6.47. The van der Waals surface area contributed by atoms with E-state index in [9.17, 15) is 9.18 Å². The van der Waals surface area contributed by atoms with Crippen molar-refractivity contribution in [1.82, 2.24) is 4.98 Å². The molecule has 0 spiro atoms. The van der Waals surface area contributed by atoms with Crippen LogP contribution in [0, 0.1) is 5.82 Å². The summed E-state index contributed by atoms with van der Waals surface area (Å²) in [6, 6.07) is 8.33. The average Bonchev–Trinajstić information content (AvgIpc) is 2.39. The number of rotatable bonds is 5. The highest BCUT2D eigenvalue weighted by atomic mass is 79.9. The molecule has 0 radical (unpaired) electrons. The van der Waals surface area contributed by atoms with Gasteiger partial charge in [0.1, 0.15) is 5.82 Å². The number of nitrogens with zero attached hydrogens (tertiary/aromatic N) is 1. The van der Waals surface area contributed by atoms with Crippen molar-refractivity contribution in [3.63, 3.8) is 0 Å². The van der Waals surface area contributed by atoms with Crippen LogP contribution in [-0.4, -0.2) is 16.1 Å². The van der Waals surface area contributed by atoms with E-state index in [1.54, 1.807) is 24.3 Å². The van der Waals surface area contributed by atoms with Crippen LogP contribution < -0.4 is 5.32 Å². The van der Waals surface area contributed by atoms with Crippen molar-refractivity contribution < 1.29 is 14.3 Å². The Kier molecular flexibility index (Phi) is 4.68. The summed E-state index contributed by atoms with van der Waals surface area (Å²) >= 11 is 3.15. The molecular formula is C14H12BrFN2O2. The minimum absolute atomic E-state index is 0.0107. The fourth-order valence-corrected chi connectivity index (χ4v) is 1.98. The third-order valence-electron chi connectivity index (χ3n) is 2.65. The van der Waals surface area contributed by atoms with Gasteiger partial charge in [0.15, 0.2) is 0 Å². The highest BCUT2D eigenvalue weighted by Gasteiger charge is 2.05. The van der Waals surface area contributed by atoms with Crippen molar-refractivity contribution in [2.24, 2.45) is 0 Å². The molecule has 2 rings (SSSR count). The van der Waals surface area contributed by atoms with Crippen LogP contribution >= 0.6 is 15.9 Å². The normalized spacial score (nSPS) is 10.3. The largest absolute Gasteiger partial charge is 0.481 e. The van der Waals surface area contributed by atoms with Crippen LogP contribution in [0.4, 0.5) is 10.1 Å². The summed E-state index contributed by atoms with van der Waals surface area (Å²) in [6.45, 7) is 0.261. The van der Waals surface area contributed by atoms with E-state index in [1.807, 2.05) is 0 Å². The van der Waals surface area contributed by atoms with Crippen LogP contribution in [-0.2, 0) is 17.8 Å². The quantitative estimate of drug-likeness (QED) is 0.878. The minimum atomic E-state index is -0.869. The maximum absolute atomic E-state index is 13.6. The number of benzene rings is 1. The van der Waals surface area contributed by atoms with Crippen LogP contribution in [0.3, 0.4) is 0 Å². The van der Waals surface area contributed by atoms with Gasteiger partial charge in [0.2, 0.25) is 0 Å². The van der Waals surface area contributed by atoms with Crippen LogP contribution in [0.1, 0.15) is 11.3 Å². The Labute approximate surface area is 123 Å². The molecule has 0 aliphatic heterocycles. The van der Waals surface area contributed by atoms with E-state index in [-0.39, 0.29) is 18.8 Å². The fourth-order valence-electron chi connectivity index (χ4n) is 1.67. The molecule has 1 heterocycles. The summed E-state index contributed by atoms with van der Waals surface area (Å²) in [6.07, 6.45) is 1.53.